The lowest BCUT2D eigenvalue weighted by molar-refractivity contribution is -0.613. The number of nitrogen functional groups attached to an aromatic ring is 1. The minimum atomic E-state index is -1.46. The topological polar surface area (TPSA) is 182 Å². The smallest absolute Gasteiger partial charge is 0.289 e. The average Bonchev–Trinajstić information content (AvgIpc) is 3.09. The number of nitro benzene ring substituents is 3. The van der Waals surface area contributed by atoms with Gasteiger partial charge in [0.2, 0.25) is 4.34 Å². The zero-order valence-electron chi connectivity index (χ0n) is 15.9. The van der Waals surface area contributed by atoms with Gasteiger partial charge in [0.25, 0.3) is 22.9 Å². The molecule has 0 aliphatic rings. The Hall–Kier alpha value is -3.78. The molecule has 0 aliphatic heterocycles. The van der Waals surface area contributed by atoms with E-state index in [1.165, 1.54) is 4.34 Å². The van der Waals surface area contributed by atoms with Gasteiger partial charge in [0.05, 0.1) is 38.0 Å². The highest BCUT2D eigenvalue weighted by molar-refractivity contribution is 8.00. The van der Waals surface area contributed by atoms with E-state index in [-0.39, 0.29) is 0 Å². The van der Waals surface area contributed by atoms with Crippen molar-refractivity contribution in [3.05, 3.63) is 78.2 Å². The molecule has 2 aromatic carbocycles. The lowest BCUT2D eigenvalue weighted by atomic mass is 10.2. The molecule has 0 amide bonds. The minimum Gasteiger partial charge on any atom is -0.863 e. The Morgan fingerprint density at radius 2 is 1.55 bits per heavy atom. The van der Waals surface area contributed by atoms with Crippen LogP contribution >= 0.6 is 23.1 Å². The summed E-state index contributed by atoms with van der Waals surface area (Å²) in [5, 5.41) is 44.1. The van der Waals surface area contributed by atoms with Gasteiger partial charge in [0.1, 0.15) is 5.69 Å². The molecule has 162 valence electrons. The maximum atomic E-state index is 11.1. The van der Waals surface area contributed by atoms with Crippen LogP contribution in [0.15, 0.2) is 52.2 Å². The number of thioether (sulfide) groups is 1. The quantitative estimate of drug-likeness (QED) is 0.247. The molecule has 0 radical (unpaired) electrons. The first-order valence-electron chi connectivity index (χ1n) is 8.42. The van der Waals surface area contributed by atoms with Crippen LogP contribution in [0.4, 0.5) is 22.9 Å². The second-order valence-corrected chi connectivity index (χ2v) is 7.98. The fourth-order valence-corrected chi connectivity index (χ4v) is 4.34. The molecule has 31 heavy (non-hydrogen) atoms. The second kappa shape index (κ2) is 10.3. The van der Waals surface area contributed by atoms with Crippen molar-refractivity contribution < 1.29 is 24.4 Å². The largest absolute Gasteiger partial charge is 0.863 e. The first-order valence-corrected chi connectivity index (χ1v) is 10.3. The number of anilines is 1. The van der Waals surface area contributed by atoms with Crippen LogP contribution in [0, 0.1) is 30.3 Å². The summed E-state index contributed by atoms with van der Waals surface area (Å²) in [4.78, 5) is 27.5. The van der Waals surface area contributed by atoms with Gasteiger partial charge in [-0.3, -0.25) is 36.1 Å². The summed E-state index contributed by atoms with van der Waals surface area (Å²) >= 11 is 3.52. The average molecular weight is 465 g/mol. The summed E-state index contributed by atoms with van der Waals surface area (Å²) in [5.74, 6) is 0.412. The van der Waals surface area contributed by atoms with Crippen molar-refractivity contribution in [3.8, 4) is 11.4 Å². The summed E-state index contributed by atoms with van der Waals surface area (Å²) < 4.78 is 3.33. The maximum Gasteiger partial charge on any atom is 0.289 e. The van der Waals surface area contributed by atoms with Crippen molar-refractivity contribution in [2.24, 2.45) is 0 Å². The van der Waals surface area contributed by atoms with Crippen LogP contribution in [-0.4, -0.2) is 20.5 Å². The number of thiazole rings is 1. The van der Waals surface area contributed by atoms with Gasteiger partial charge in [-0.05, 0) is 17.9 Å². The molecule has 0 saturated carbocycles. The normalized spacial score (nSPS) is 10.1. The molecule has 0 fully saturated rings. The summed E-state index contributed by atoms with van der Waals surface area (Å²) in [5.41, 5.74) is 3.83. The Morgan fingerprint density at radius 1 is 1.00 bits per heavy atom. The van der Waals surface area contributed by atoms with E-state index in [4.69, 9.17) is 5.73 Å². The number of nitro groups is 3. The molecule has 0 aliphatic carbocycles. The van der Waals surface area contributed by atoms with Crippen LogP contribution in [0.1, 0.15) is 6.92 Å². The Morgan fingerprint density at radius 3 is 2.00 bits per heavy atom. The van der Waals surface area contributed by atoms with Crippen molar-refractivity contribution in [2.75, 3.05) is 11.5 Å². The number of nitrogens with zero attached hydrogens (tertiary/aromatic N) is 4. The molecule has 2 N–H and O–H groups in total. The van der Waals surface area contributed by atoms with Gasteiger partial charge in [0, 0.05) is 0 Å². The Kier molecular flexibility index (Phi) is 7.81. The second-order valence-electron chi connectivity index (χ2n) is 5.61. The van der Waals surface area contributed by atoms with E-state index in [1.807, 2.05) is 35.3 Å². The summed E-state index contributed by atoms with van der Waals surface area (Å²) in [6, 6.07) is 11.0. The third-order valence-corrected chi connectivity index (χ3v) is 5.75. The fourth-order valence-electron chi connectivity index (χ4n) is 2.34. The van der Waals surface area contributed by atoms with Crippen LogP contribution in [0.25, 0.3) is 5.69 Å². The maximum absolute atomic E-state index is 11.1. The zero-order valence-corrected chi connectivity index (χ0v) is 17.5. The number of nitrogens with two attached hydrogens (primary N) is 1. The van der Waals surface area contributed by atoms with Gasteiger partial charge < -0.3 is 5.11 Å². The van der Waals surface area contributed by atoms with E-state index >= 15 is 0 Å². The summed E-state index contributed by atoms with van der Waals surface area (Å²) in [6.45, 7) is 2.15. The van der Waals surface area contributed by atoms with Crippen molar-refractivity contribution in [1.82, 2.24) is 0 Å². The molecule has 0 spiro atoms. The van der Waals surface area contributed by atoms with Gasteiger partial charge in [-0.25, -0.2) is 0 Å². The number of benzene rings is 2. The van der Waals surface area contributed by atoms with Crippen LogP contribution in [0.3, 0.4) is 0 Å². The van der Waals surface area contributed by atoms with E-state index in [9.17, 15) is 35.4 Å². The van der Waals surface area contributed by atoms with Gasteiger partial charge in [-0.15, -0.1) is 0 Å². The molecule has 0 unspecified atom stereocenters. The molecule has 1 heterocycles. The van der Waals surface area contributed by atoms with Crippen molar-refractivity contribution in [3.63, 3.8) is 0 Å². The number of hydrogen-bond donors (Lipinski definition) is 1. The van der Waals surface area contributed by atoms with E-state index in [0.29, 0.717) is 12.1 Å². The molecule has 0 atom stereocenters. The third kappa shape index (κ3) is 5.64. The highest BCUT2D eigenvalue weighted by Crippen LogP contribution is 2.36. The molecule has 14 heteroatoms. The highest BCUT2D eigenvalue weighted by atomic mass is 32.2. The van der Waals surface area contributed by atoms with E-state index < -0.39 is 37.6 Å². The van der Waals surface area contributed by atoms with Crippen LogP contribution in [0.2, 0.25) is 0 Å². The van der Waals surface area contributed by atoms with E-state index in [2.05, 4.69) is 23.6 Å². The molecule has 3 aromatic rings. The monoisotopic (exact) mass is 465 g/mol. The first kappa shape index (κ1) is 23.5. The molecule has 0 saturated heterocycles. The summed E-state index contributed by atoms with van der Waals surface area (Å²) in [7, 11) is 0. The van der Waals surface area contributed by atoms with Crippen LogP contribution < -0.4 is 15.4 Å². The van der Waals surface area contributed by atoms with E-state index in [1.54, 1.807) is 11.3 Å². The van der Waals surface area contributed by atoms with Crippen molar-refractivity contribution in [1.29, 1.82) is 0 Å². The van der Waals surface area contributed by atoms with Crippen molar-refractivity contribution >= 4 is 46.0 Å². The standard InChI is InChI=1S/C11H13N2S2.C6H3N3O7/c1-2-14-11-13(10(12)8-15-11)9-6-4-3-5-7-9;10-6-4(8(13)14)1-3(7(11)12)2-5(6)9(15)16/h3-8H,2,12H2,1H3;1-2,10H/q+1;/p-1. The Bertz CT molecular complexity index is 1090. The molecular formula is C17H15N5O7S2. The number of aromatic nitrogens is 1. The van der Waals surface area contributed by atoms with Crippen LogP contribution in [-0.2, 0) is 0 Å². The molecule has 12 nitrogen and oxygen atoms in total. The number of rotatable bonds is 6. The summed E-state index contributed by atoms with van der Waals surface area (Å²) in [6.07, 6.45) is 0. The Labute approximate surface area is 183 Å². The first-order chi connectivity index (χ1) is 14.7. The van der Waals surface area contributed by atoms with E-state index in [0.717, 1.165) is 17.3 Å². The van der Waals surface area contributed by atoms with Crippen molar-refractivity contribution in [2.45, 2.75) is 11.3 Å². The number of hydrogen-bond acceptors (Lipinski definition) is 10. The predicted octanol–water partition coefficient (Wildman–Crippen LogP) is 3.20. The predicted molar refractivity (Wildman–Crippen MR) is 113 cm³/mol. The van der Waals surface area contributed by atoms with Crippen LogP contribution in [0.5, 0.6) is 5.75 Å². The highest BCUT2D eigenvalue weighted by Gasteiger charge is 2.24. The molecule has 1 aromatic heterocycles. The fraction of sp³-hybridized carbons (Fsp3) is 0.118. The lowest BCUT2D eigenvalue weighted by Gasteiger charge is -2.06. The zero-order chi connectivity index (χ0) is 23.1. The SMILES string of the molecule is CCSc1scc(N)[n+]1-c1ccccc1.O=[N+]([O-])c1cc([N+](=O)[O-])c([O-])c([N+](=O)[O-])c1. The van der Waals surface area contributed by atoms with Gasteiger partial charge in [0.15, 0.2) is 0 Å². The van der Waals surface area contributed by atoms with Gasteiger partial charge in [-0.2, -0.15) is 4.57 Å². The van der Waals surface area contributed by atoms with Gasteiger partial charge >= 0.3 is 0 Å². The number of non-ortho nitro benzene ring substituents is 1. The third-order valence-electron chi connectivity index (χ3n) is 3.64. The molecule has 3 rings (SSSR count). The lowest BCUT2D eigenvalue weighted by Crippen LogP contribution is -2.33. The van der Waals surface area contributed by atoms with Gasteiger partial charge in [-0.1, -0.05) is 48.2 Å². The number of para-hydroxylation sites is 1. The Balaban J connectivity index is 0.000000220. The molecule has 0 bridgehead atoms. The minimum absolute atomic E-state index is 0.384. The molecular weight excluding hydrogens is 450 g/mol.